The van der Waals surface area contributed by atoms with Crippen LogP contribution in [0.15, 0.2) is 58.7 Å². The molecule has 0 amide bonds. The SMILES string of the molecule is CC.CC.CC1=C(CCC2=C(C)C=CCCC2)C=CCC=C1. The smallest absolute Gasteiger partial charge is 0.0163 e. The zero-order valence-electron chi connectivity index (χ0n) is 15.7. The molecule has 0 aromatic heterocycles. The molecule has 0 aromatic carbocycles. The van der Waals surface area contributed by atoms with E-state index in [9.17, 15) is 0 Å². The van der Waals surface area contributed by atoms with Gasteiger partial charge >= 0.3 is 0 Å². The number of allylic oxidation sites excluding steroid dienone is 10. The highest BCUT2D eigenvalue weighted by Crippen LogP contribution is 2.26. The molecule has 2 rings (SSSR count). The topological polar surface area (TPSA) is 0 Å². The number of rotatable bonds is 3. The first kappa shape index (κ1) is 20.7. The van der Waals surface area contributed by atoms with Gasteiger partial charge in [-0.25, -0.2) is 0 Å². The summed E-state index contributed by atoms with van der Waals surface area (Å²) in [5.41, 5.74) is 6.10. The van der Waals surface area contributed by atoms with E-state index in [1.54, 1.807) is 5.57 Å². The fourth-order valence-corrected chi connectivity index (χ4v) is 2.67. The highest BCUT2D eigenvalue weighted by molar-refractivity contribution is 5.36. The van der Waals surface area contributed by atoms with E-state index in [-0.39, 0.29) is 0 Å². The Balaban J connectivity index is 0.00000102. The Hall–Kier alpha value is -1.30. The largest absolute Gasteiger partial charge is 0.0843 e. The quantitative estimate of drug-likeness (QED) is 0.500. The Kier molecular flexibility index (Phi) is 12.6. The molecule has 0 heterocycles. The lowest BCUT2D eigenvalue weighted by atomic mass is 9.96. The average Bonchev–Trinajstić information content (AvgIpc) is 2.90. The zero-order valence-corrected chi connectivity index (χ0v) is 15.7. The van der Waals surface area contributed by atoms with Gasteiger partial charge in [-0.1, -0.05) is 75.3 Å². The summed E-state index contributed by atoms with van der Waals surface area (Å²) in [5, 5.41) is 0. The minimum Gasteiger partial charge on any atom is -0.0843 e. The van der Waals surface area contributed by atoms with E-state index in [1.807, 2.05) is 27.7 Å². The summed E-state index contributed by atoms with van der Waals surface area (Å²) in [7, 11) is 0. The zero-order chi connectivity index (χ0) is 16.8. The Morgan fingerprint density at radius 1 is 0.773 bits per heavy atom. The van der Waals surface area contributed by atoms with Crippen molar-refractivity contribution in [2.75, 3.05) is 0 Å². The van der Waals surface area contributed by atoms with Crippen molar-refractivity contribution >= 4 is 0 Å². The molecule has 0 atom stereocenters. The Morgan fingerprint density at radius 3 is 2.14 bits per heavy atom. The van der Waals surface area contributed by atoms with Crippen LogP contribution >= 0.6 is 0 Å². The van der Waals surface area contributed by atoms with Gasteiger partial charge in [0, 0.05) is 0 Å². The van der Waals surface area contributed by atoms with Crippen molar-refractivity contribution in [1.29, 1.82) is 0 Å². The molecule has 0 saturated heterocycles. The predicted molar refractivity (Wildman–Crippen MR) is 103 cm³/mol. The van der Waals surface area contributed by atoms with Gasteiger partial charge in [-0.05, 0) is 63.5 Å². The summed E-state index contributed by atoms with van der Waals surface area (Å²) < 4.78 is 0. The molecule has 0 heteroatoms. The van der Waals surface area contributed by atoms with E-state index in [0.717, 1.165) is 6.42 Å². The lowest BCUT2D eigenvalue weighted by Crippen LogP contribution is -1.91. The summed E-state index contributed by atoms with van der Waals surface area (Å²) in [6, 6.07) is 0. The van der Waals surface area contributed by atoms with Crippen LogP contribution in [0.2, 0.25) is 0 Å². The Labute approximate surface area is 139 Å². The van der Waals surface area contributed by atoms with Crippen LogP contribution < -0.4 is 0 Å². The van der Waals surface area contributed by atoms with Gasteiger partial charge in [-0.2, -0.15) is 0 Å². The molecule has 0 fully saturated rings. The average molecular weight is 301 g/mol. The van der Waals surface area contributed by atoms with Gasteiger partial charge in [0.1, 0.15) is 0 Å². The molecule has 0 N–H and O–H groups in total. The lowest BCUT2D eigenvalue weighted by Gasteiger charge is -2.10. The maximum absolute atomic E-state index is 2.32. The second-order valence-corrected chi connectivity index (χ2v) is 5.33. The maximum Gasteiger partial charge on any atom is -0.0163 e. The molecule has 2 aliphatic carbocycles. The van der Waals surface area contributed by atoms with E-state index in [2.05, 4.69) is 50.3 Å². The normalized spacial score (nSPS) is 17.2. The predicted octanol–water partition coefficient (Wildman–Crippen LogP) is 7.71. The van der Waals surface area contributed by atoms with Gasteiger partial charge in [0.05, 0.1) is 0 Å². The van der Waals surface area contributed by atoms with Gasteiger partial charge in [-0.15, -0.1) is 0 Å². The van der Waals surface area contributed by atoms with E-state index in [0.29, 0.717) is 0 Å². The van der Waals surface area contributed by atoms with Crippen LogP contribution in [0.1, 0.15) is 80.1 Å². The van der Waals surface area contributed by atoms with Crippen molar-refractivity contribution in [2.24, 2.45) is 0 Å². The Morgan fingerprint density at radius 2 is 1.41 bits per heavy atom. The first-order chi connectivity index (χ1) is 10.8. The molecule has 0 spiro atoms. The minimum absolute atomic E-state index is 1.07. The molecule has 0 aliphatic heterocycles. The molecule has 0 aromatic rings. The van der Waals surface area contributed by atoms with E-state index in [4.69, 9.17) is 0 Å². The molecule has 0 radical (unpaired) electrons. The van der Waals surface area contributed by atoms with Crippen LogP contribution in [-0.2, 0) is 0 Å². The highest BCUT2D eigenvalue weighted by Gasteiger charge is 2.06. The molecule has 0 saturated carbocycles. The minimum atomic E-state index is 1.07. The molecular formula is C22H36. The van der Waals surface area contributed by atoms with Crippen LogP contribution in [0.3, 0.4) is 0 Å². The third kappa shape index (κ3) is 7.64. The fourth-order valence-electron chi connectivity index (χ4n) is 2.67. The summed E-state index contributed by atoms with van der Waals surface area (Å²) in [6.45, 7) is 12.5. The second-order valence-electron chi connectivity index (χ2n) is 5.33. The fraction of sp³-hybridized carbons (Fsp3) is 0.545. The standard InChI is InChI=1S/C18H24.2C2H6/c1-15-9-5-3-7-11-17(15)13-14-18-12-8-4-6-10-16(18)2;2*1-2/h5-7,9-11H,3-4,8,12-14H2,1-2H3;2*1-2H3. The van der Waals surface area contributed by atoms with Crippen molar-refractivity contribution in [3.05, 3.63) is 58.7 Å². The van der Waals surface area contributed by atoms with Crippen LogP contribution in [0.25, 0.3) is 0 Å². The van der Waals surface area contributed by atoms with Crippen molar-refractivity contribution < 1.29 is 0 Å². The molecular weight excluding hydrogens is 264 g/mol. The Bertz CT molecular complexity index is 439. The third-order valence-electron chi connectivity index (χ3n) is 3.94. The van der Waals surface area contributed by atoms with Crippen LogP contribution in [-0.4, -0.2) is 0 Å². The molecule has 0 bridgehead atoms. The van der Waals surface area contributed by atoms with Crippen LogP contribution in [0, 0.1) is 0 Å². The number of hydrogen-bond donors (Lipinski definition) is 0. The first-order valence-electron chi connectivity index (χ1n) is 9.15. The van der Waals surface area contributed by atoms with Crippen molar-refractivity contribution in [3.63, 3.8) is 0 Å². The van der Waals surface area contributed by atoms with Crippen molar-refractivity contribution in [2.45, 2.75) is 80.1 Å². The molecule has 22 heavy (non-hydrogen) atoms. The van der Waals surface area contributed by atoms with Gasteiger partial charge in [0.25, 0.3) is 0 Å². The van der Waals surface area contributed by atoms with Crippen LogP contribution in [0.4, 0.5) is 0 Å². The van der Waals surface area contributed by atoms with E-state index >= 15 is 0 Å². The summed E-state index contributed by atoms with van der Waals surface area (Å²) in [5.74, 6) is 0. The molecule has 124 valence electrons. The molecule has 0 unspecified atom stereocenters. The van der Waals surface area contributed by atoms with Gasteiger partial charge < -0.3 is 0 Å². The summed E-state index contributed by atoms with van der Waals surface area (Å²) in [4.78, 5) is 0. The lowest BCUT2D eigenvalue weighted by molar-refractivity contribution is 0.780. The van der Waals surface area contributed by atoms with Crippen LogP contribution in [0.5, 0.6) is 0 Å². The van der Waals surface area contributed by atoms with E-state index < -0.39 is 0 Å². The molecule has 2 aliphatic rings. The second kappa shape index (κ2) is 13.4. The van der Waals surface area contributed by atoms with Gasteiger partial charge in [0.15, 0.2) is 0 Å². The van der Waals surface area contributed by atoms with E-state index in [1.165, 1.54) is 48.8 Å². The maximum atomic E-state index is 2.32. The number of hydrogen-bond acceptors (Lipinski definition) is 0. The van der Waals surface area contributed by atoms with Crippen molar-refractivity contribution in [3.8, 4) is 0 Å². The van der Waals surface area contributed by atoms with Crippen molar-refractivity contribution in [1.82, 2.24) is 0 Å². The highest BCUT2D eigenvalue weighted by atomic mass is 14.1. The third-order valence-corrected chi connectivity index (χ3v) is 3.94. The summed E-state index contributed by atoms with van der Waals surface area (Å²) >= 11 is 0. The molecule has 0 nitrogen and oxygen atoms in total. The first-order valence-corrected chi connectivity index (χ1v) is 9.15. The van der Waals surface area contributed by atoms with Gasteiger partial charge in [0.2, 0.25) is 0 Å². The summed E-state index contributed by atoms with van der Waals surface area (Å²) in [6.07, 6.45) is 21.1. The monoisotopic (exact) mass is 300 g/mol. The van der Waals surface area contributed by atoms with Gasteiger partial charge in [-0.3, -0.25) is 0 Å².